The highest BCUT2D eigenvalue weighted by molar-refractivity contribution is 5.42. The van der Waals surface area contributed by atoms with Crippen molar-refractivity contribution in [3.05, 3.63) is 54.0 Å². The summed E-state index contributed by atoms with van der Waals surface area (Å²) in [5.74, 6) is 0.953. The molecule has 0 fully saturated rings. The van der Waals surface area contributed by atoms with Gasteiger partial charge in [0.2, 0.25) is 0 Å². The molecule has 0 atom stereocenters. The zero-order valence-corrected chi connectivity index (χ0v) is 12.8. The van der Waals surface area contributed by atoms with Crippen LogP contribution in [0.1, 0.15) is 16.8 Å². The molecule has 2 aromatic rings. The molecule has 0 aliphatic carbocycles. The van der Waals surface area contributed by atoms with Gasteiger partial charge in [-0.1, -0.05) is 12.1 Å². The Morgan fingerprint density at radius 1 is 1.33 bits per heavy atom. The van der Waals surface area contributed by atoms with E-state index in [0.717, 1.165) is 37.7 Å². The Balaban J connectivity index is 1.72. The third-order valence-corrected chi connectivity index (χ3v) is 3.28. The highest BCUT2D eigenvalue weighted by Crippen LogP contribution is 2.08. The first kappa shape index (κ1) is 15.3. The topological polar surface area (TPSA) is 54.8 Å². The van der Waals surface area contributed by atoms with Crippen molar-refractivity contribution in [2.24, 2.45) is 0 Å². The highest BCUT2D eigenvalue weighted by Gasteiger charge is 2.03. The number of rotatable bonds is 8. The van der Waals surface area contributed by atoms with Crippen molar-refractivity contribution in [1.82, 2.24) is 20.1 Å². The Kier molecular flexibility index (Phi) is 5.51. The van der Waals surface area contributed by atoms with E-state index < -0.39 is 0 Å². The summed E-state index contributed by atoms with van der Waals surface area (Å²) in [5, 5.41) is 11.2. The van der Waals surface area contributed by atoms with Gasteiger partial charge in [-0.3, -0.25) is 4.68 Å². The van der Waals surface area contributed by atoms with Gasteiger partial charge in [0.15, 0.2) is 0 Å². The second kappa shape index (κ2) is 7.59. The third kappa shape index (κ3) is 4.43. The van der Waals surface area contributed by atoms with Gasteiger partial charge in [0.05, 0.1) is 12.2 Å². The van der Waals surface area contributed by atoms with Gasteiger partial charge in [0.1, 0.15) is 5.82 Å². The zero-order chi connectivity index (χ0) is 15.1. The molecule has 2 rings (SSSR count). The summed E-state index contributed by atoms with van der Waals surface area (Å²) >= 11 is 0. The van der Waals surface area contributed by atoms with Crippen LogP contribution in [-0.4, -0.2) is 27.9 Å². The molecule has 5 nitrogen and oxygen atoms in total. The molecule has 0 aromatic carbocycles. The second-order valence-electron chi connectivity index (χ2n) is 5.02. The van der Waals surface area contributed by atoms with Crippen molar-refractivity contribution in [2.45, 2.75) is 26.9 Å². The molecule has 2 heterocycles. The molecular formula is C16H23N5. The Morgan fingerprint density at radius 2 is 2.19 bits per heavy atom. The molecule has 0 aliphatic heterocycles. The summed E-state index contributed by atoms with van der Waals surface area (Å²) in [5.41, 5.74) is 3.46. The zero-order valence-electron chi connectivity index (χ0n) is 12.8. The lowest BCUT2D eigenvalue weighted by molar-refractivity contribution is 0.690. The first-order valence-corrected chi connectivity index (χ1v) is 7.20. The molecule has 0 bridgehead atoms. The first-order valence-electron chi connectivity index (χ1n) is 7.20. The maximum atomic E-state index is 4.44. The van der Waals surface area contributed by atoms with Gasteiger partial charge < -0.3 is 10.6 Å². The number of pyridine rings is 1. The van der Waals surface area contributed by atoms with E-state index in [2.05, 4.69) is 46.5 Å². The first-order chi connectivity index (χ1) is 10.2. The smallest absolute Gasteiger partial charge is 0.128 e. The van der Waals surface area contributed by atoms with Crippen LogP contribution in [0.15, 0.2) is 37.2 Å². The molecule has 2 aromatic heterocycles. The minimum absolute atomic E-state index is 0.751. The molecule has 0 unspecified atom stereocenters. The lowest BCUT2D eigenvalue weighted by atomic mass is 10.2. The number of aryl methyl sites for hydroxylation is 2. The van der Waals surface area contributed by atoms with Gasteiger partial charge in [0.25, 0.3) is 0 Å². The molecule has 2 N–H and O–H groups in total. The molecule has 0 saturated heterocycles. The number of anilines is 1. The molecule has 0 aliphatic rings. The van der Waals surface area contributed by atoms with Gasteiger partial charge in [0, 0.05) is 37.6 Å². The van der Waals surface area contributed by atoms with Crippen LogP contribution in [0.25, 0.3) is 0 Å². The number of allylic oxidation sites excluding steroid dienone is 1. The maximum Gasteiger partial charge on any atom is 0.128 e. The monoisotopic (exact) mass is 285 g/mol. The minimum Gasteiger partial charge on any atom is -0.369 e. The summed E-state index contributed by atoms with van der Waals surface area (Å²) in [6, 6.07) is 4.00. The predicted molar refractivity (Wildman–Crippen MR) is 86.3 cm³/mol. The van der Waals surface area contributed by atoms with E-state index in [1.807, 2.05) is 23.7 Å². The van der Waals surface area contributed by atoms with E-state index in [1.165, 1.54) is 11.1 Å². The van der Waals surface area contributed by atoms with Gasteiger partial charge in [-0.05, 0) is 25.5 Å². The molecule has 0 saturated carbocycles. The molecular weight excluding hydrogens is 262 g/mol. The quantitative estimate of drug-likeness (QED) is 0.577. The number of nitrogens with zero attached hydrogens (tertiary/aromatic N) is 3. The summed E-state index contributed by atoms with van der Waals surface area (Å²) in [4.78, 5) is 4.31. The fourth-order valence-corrected chi connectivity index (χ4v) is 2.12. The summed E-state index contributed by atoms with van der Waals surface area (Å²) in [6.45, 7) is 11.1. The van der Waals surface area contributed by atoms with Gasteiger partial charge in [-0.15, -0.1) is 6.58 Å². The predicted octanol–water partition coefficient (Wildman–Crippen LogP) is 2.28. The normalized spacial score (nSPS) is 10.6. The Bertz CT molecular complexity index is 588. The molecule has 5 heteroatoms. The van der Waals surface area contributed by atoms with Crippen LogP contribution in [0.3, 0.4) is 0 Å². The SMILES string of the molecule is C=CCn1cc(CNCCNc2ncccc2C)c(C)n1. The van der Waals surface area contributed by atoms with Crippen LogP contribution in [0.2, 0.25) is 0 Å². The summed E-state index contributed by atoms with van der Waals surface area (Å²) in [7, 11) is 0. The Hall–Kier alpha value is -2.14. The average molecular weight is 285 g/mol. The van der Waals surface area contributed by atoms with Crippen molar-refractivity contribution < 1.29 is 0 Å². The summed E-state index contributed by atoms with van der Waals surface area (Å²) in [6.07, 6.45) is 5.73. The largest absolute Gasteiger partial charge is 0.369 e. The van der Waals surface area contributed by atoms with E-state index in [4.69, 9.17) is 0 Å². The second-order valence-corrected chi connectivity index (χ2v) is 5.02. The number of hydrogen-bond donors (Lipinski definition) is 2. The van der Waals surface area contributed by atoms with Crippen molar-refractivity contribution in [2.75, 3.05) is 18.4 Å². The fourth-order valence-electron chi connectivity index (χ4n) is 2.12. The molecule has 0 spiro atoms. The summed E-state index contributed by atoms with van der Waals surface area (Å²) < 4.78 is 1.91. The lowest BCUT2D eigenvalue weighted by Crippen LogP contribution is -2.22. The van der Waals surface area contributed by atoms with Crippen molar-refractivity contribution in [1.29, 1.82) is 0 Å². The standard InChI is InChI=1S/C16H23N5/c1-4-10-21-12-15(14(3)20-21)11-17-8-9-19-16-13(2)6-5-7-18-16/h4-7,12,17H,1,8-11H2,2-3H3,(H,18,19). The van der Waals surface area contributed by atoms with Crippen LogP contribution >= 0.6 is 0 Å². The van der Waals surface area contributed by atoms with Gasteiger partial charge >= 0.3 is 0 Å². The van der Waals surface area contributed by atoms with Crippen LogP contribution in [0.5, 0.6) is 0 Å². The molecule has 0 amide bonds. The van der Waals surface area contributed by atoms with Crippen LogP contribution < -0.4 is 10.6 Å². The van der Waals surface area contributed by atoms with Crippen LogP contribution in [-0.2, 0) is 13.1 Å². The molecule has 21 heavy (non-hydrogen) atoms. The van der Waals surface area contributed by atoms with E-state index >= 15 is 0 Å². The maximum absolute atomic E-state index is 4.44. The fraction of sp³-hybridized carbons (Fsp3) is 0.375. The highest BCUT2D eigenvalue weighted by atomic mass is 15.3. The number of aromatic nitrogens is 3. The van der Waals surface area contributed by atoms with E-state index in [-0.39, 0.29) is 0 Å². The Morgan fingerprint density at radius 3 is 2.95 bits per heavy atom. The van der Waals surface area contributed by atoms with E-state index in [0.29, 0.717) is 0 Å². The van der Waals surface area contributed by atoms with Crippen molar-refractivity contribution in [3.63, 3.8) is 0 Å². The van der Waals surface area contributed by atoms with Gasteiger partial charge in [-0.25, -0.2) is 4.98 Å². The number of nitrogens with one attached hydrogen (secondary N) is 2. The molecule has 112 valence electrons. The van der Waals surface area contributed by atoms with Crippen molar-refractivity contribution in [3.8, 4) is 0 Å². The van der Waals surface area contributed by atoms with E-state index in [1.54, 1.807) is 6.20 Å². The van der Waals surface area contributed by atoms with Gasteiger partial charge in [-0.2, -0.15) is 5.10 Å². The number of hydrogen-bond acceptors (Lipinski definition) is 4. The van der Waals surface area contributed by atoms with E-state index in [9.17, 15) is 0 Å². The van der Waals surface area contributed by atoms with Crippen LogP contribution in [0.4, 0.5) is 5.82 Å². The minimum atomic E-state index is 0.751. The van der Waals surface area contributed by atoms with Crippen LogP contribution in [0, 0.1) is 13.8 Å². The van der Waals surface area contributed by atoms with Crippen molar-refractivity contribution >= 4 is 5.82 Å². The lowest BCUT2D eigenvalue weighted by Gasteiger charge is -2.08. The third-order valence-electron chi connectivity index (χ3n) is 3.28. The molecule has 0 radical (unpaired) electrons. The average Bonchev–Trinajstić information content (AvgIpc) is 2.81. The Labute approximate surface area is 126 Å².